The average Bonchev–Trinajstić information content (AvgIpc) is 2.53. The Morgan fingerprint density at radius 2 is 2.20 bits per heavy atom. The summed E-state index contributed by atoms with van der Waals surface area (Å²) in [4.78, 5) is 22.4. The molecule has 0 unspecified atom stereocenters. The number of amides is 1. The molecule has 140 valence electrons. The Hall–Kier alpha value is -1.21. The summed E-state index contributed by atoms with van der Waals surface area (Å²) in [5.74, 6) is 0.891. The Morgan fingerprint density at radius 1 is 1.44 bits per heavy atom. The highest BCUT2D eigenvalue weighted by molar-refractivity contribution is 7.98. The first-order valence-electron chi connectivity index (χ1n) is 8.46. The number of thioether (sulfide) groups is 1. The molecule has 1 aliphatic heterocycles. The predicted octanol–water partition coefficient (Wildman–Crippen LogP) is 4.27. The van der Waals surface area contributed by atoms with Crippen molar-refractivity contribution in [3.8, 4) is 5.88 Å². The van der Waals surface area contributed by atoms with E-state index >= 15 is 0 Å². The van der Waals surface area contributed by atoms with Crippen molar-refractivity contribution < 1.29 is 14.3 Å². The van der Waals surface area contributed by atoms with E-state index in [1.807, 2.05) is 27.0 Å². The van der Waals surface area contributed by atoms with Crippen molar-refractivity contribution in [1.29, 1.82) is 0 Å². The van der Waals surface area contributed by atoms with E-state index in [0.717, 1.165) is 25.8 Å². The fraction of sp³-hybridized carbons (Fsp3) is 0.706. The van der Waals surface area contributed by atoms with Crippen LogP contribution in [-0.4, -0.2) is 52.5 Å². The van der Waals surface area contributed by atoms with E-state index in [2.05, 4.69) is 9.97 Å². The molecule has 0 bridgehead atoms. The maximum atomic E-state index is 12.2. The summed E-state index contributed by atoms with van der Waals surface area (Å²) in [5.41, 5.74) is -0.464. The Bertz CT molecular complexity index is 595. The Balaban J connectivity index is 1.81. The number of rotatable bonds is 5. The molecule has 0 N–H and O–H groups in total. The van der Waals surface area contributed by atoms with Crippen molar-refractivity contribution in [1.82, 2.24) is 14.9 Å². The van der Waals surface area contributed by atoms with Gasteiger partial charge in [-0.3, -0.25) is 0 Å². The maximum Gasteiger partial charge on any atom is 0.410 e. The van der Waals surface area contributed by atoms with Crippen LogP contribution in [0.15, 0.2) is 11.2 Å². The number of piperidine rings is 1. The monoisotopic (exact) mass is 387 g/mol. The number of halogens is 1. The third kappa shape index (κ3) is 6.90. The summed E-state index contributed by atoms with van der Waals surface area (Å²) in [5, 5.41) is 0.972. The van der Waals surface area contributed by atoms with Gasteiger partial charge in [0.05, 0.1) is 6.61 Å². The van der Waals surface area contributed by atoms with Crippen molar-refractivity contribution >= 4 is 29.5 Å². The number of hydrogen-bond acceptors (Lipinski definition) is 6. The van der Waals surface area contributed by atoms with Gasteiger partial charge in [0.1, 0.15) is 10.8 Å². The zero-order valence-electron chi connectivity index (χ0n) is 15.2. The van der Waals surface area contributed by atoms with Crippen LogP contribution in [0.25, 0.3) is 0 Å². The van der Waals surface area contributed by atoms with E-state index in [1.165, 1.54) is 11.8 Å². The van der Waals surface area contributed by atoms with Crippen LogP contribution in [0.2, 0.25) is 5.15 Å². The van der Waals surface area contributed by atoms with Gasteiger partial charge in [-0.1, -0.05) is 23.4 Å². The Kier molecular flexibility index (Phi) is 7.19. The lowest BCUT2D eigenvalue weighted by atomic mass is 9.95. The molecule has 1 saturated heterocycles. The molecule has 1 amide bonds. The summed E-state index contributed by atoms with van der Waals surface area (Å²) in [7, 11) is 0. The third-order valence-electron chi connectivity index (χ3n) is 3.78. The second kappa shape index (κ2) is 8.94. The molecule has 2 rings (SSSR count). The summed E-state index contributed by atoms with van der Waals surface area (Å²) in [6, 6.07) is 1.62. The molecule has 2 heterocycles. The fourth-order valence-electron chi connectivity index (χ4n) is 2.67. The van der Waals surface area contributed by atoms with Crippen molar-refractivity contribution in [2.75, 3.05) is 26.0 Å². The first-order valence-corrected chi connectivity index (χ1v) is 10.1. The molecule has 25 heavy (non-hydrogen) atoms. The predicted molar refractivity (Wildman–Crippen MR) is 99.5 cm³/mol. The highest BCUT2D eigenvalue weighted by atomic mass is 35.5. The van der Waals surface area contributed by atoms with E-state index in [-0.39, 0.29) is 6.09 Å². The summed E-state index contributed by atoms with van der Waals surface area (Å²) >= 11 is 7.38. The molecular weight excluding hydrogens is 362 g/mol. The fourth-order valence-corrected chi connectivity index (χ4v) is 3.26. The first-order chi connectivity index (χ1) is 11.8. The van der Waals surface area contributed by atoms with Crippen molar-refractivity contribution in [2.45, 2.75) is 50.8 Å². The Morgan fingerprint density at radius 3 is 2.88 bits per heavy atom. The number of ether oxygens (including phenoxy) is 2. The first kappa shape index (κ1) is 20.1. The molecule has 0 aliphatic carbocycles. The molecule has 0 saturated carbocycles. The molecule has 1 fully saturated rings. The average molecular weight is 388 g/mol. The SMILES string of the molecule is CSc1nc(Cl)cc(OCC[C@@H]2CCCN(C(=O)OC(C)(C)C)C2)n1. The van der Waals surface area contributed by atoms with Crippen LogP contribution in [0.1, 0.15) is 40.0 Å². The molecule has 1 aliphatic rings. The van der Waals surface area contributed by atoms with E-state index in [0.29, 0.717) is 35.3 Å². The van der Waals surface area contributed by atoms with Gasteiger partial charge in [-0.2, -0.15) is 4.98 Å². The minimum absolute atomic E-state index is 0.231. The van der Waals surface area contributed by atoms with E-state index < -0.39 is 5.60 Å². The molecule has 8 heteroatoms. The van der Waals surface area contributed by atoms with Gasteiger partial charge in [0.2, 0.25) is 5.88 Å². The van der Waals surface area contributed by atoms with Crippen molar-refractivity contribution in [3.05, 3.63) is 11.2 Å². The minimum atomic E-state index is -0.464. The van der Waals surface area contributed by atoms with Crippen LogP contribution in [-0.2, 0) is 4.74 Å². The van der Waals surface area contributed by atoms with Crippen LogP contribution in [0.5, 0.6) is 5.88 Å². The molecule has 1 atom stereocenters. The van der Waals surface area contributed by atoms with Gasteiger partial charge in [0, 0.05) is 19.2 Å². The summed E-state index contributed by atoms with van der Waals surface area (Å²) in [6.45, 7) is 7.65. The van der Waals surface area contributed by atoms with Crippen LogP contribution in [0.4, 0.5) is 4.79 Å². The zero-order valence-corrected chi connectivity index (χ0v) is 16.8. The van der Waals surface area contributed by atoms with E-state index in [4.69, 9.17) is 21.1 Å². The van der Waals surface area contributed by atoms with Crippen LogP contribution >= 0.6 is 23.4 Å². The number of carbonyl (C=O) groups is 1. The molecule has 1 aromatic heterocycles. The Labute approximate surface area is 158 Å². The van der Waals surface area contributed by atoms with Crippen molar-refractivity contribution in [2.24, 2.45) is 5.92 Å². The number of aromatic nitrogens is 2. The third-order valence-corrected chi connectivity index (χ3v) is 4.52. The molecule has 1 aromatic rings. The second-order valence-electron chi connectivity index (χ2n) is 7.09. The highest BCUT2D eigenvalue weighted by Gasteiger charge is 2.27. The lowest BCUT2D eigenvalue weighted by Gasteiger charge is -2.34. The topological polar surface area (TPSA) is 64.5 Å². The smallest absolute Gasteiger partial charge is 0.410 e. The van der Waals surface area contributed by atoms with Gasteiger partial charge in [0.15, 0.2) is 5.16 Å². The lowest BCUT2D eigenvalue weighted by molar-refractivity contribution is 0.0154. The van der Waals surface area contributed by atoms with Gasteiger partial charge in [-0.15, -0.1) is 0 Å². The van der Waals surface area contributed by atoms with Crippen LogP contribution in [0, 0.1) is 5.92 Å². The highest BCUT2D eigenvalue weighted by Crippen LogP contribution is 2.23. The molecule has 6 nitrogen and oxygen atoms in total. The maximum absolute atomic E-state index is 12.2. The number of carbonyl (C=O) groups excluding carboxylic acids is 1. The van der Waals surface area contributed by atoms with Crippen molar-refractivity contribution in [3.63, 3.8) is 0 Å². The lowest BCUT2D eigenvalue weighted by Crippen LogP contribution is -2.43. The van der Waals surface area contributed by atoms with Gasteiger partial charge >= 0.3 is 6.09 Å². The van der Waals surface area contributed by atoms with Gasteiger partial charge in [-0.25, -0.2) is 9.78 Å². The van der Waals surface area contributed by atoms with Crippen LogP contribution in [0.3, 0.4) is 0 Å². The largest absolute Gasteiger partial charge is 0.478 e. The minimum Gasteiger partial charge on any atom is -0.478 e. The quantitative estimate of drug-likeness (QED) is 0.427. The number of hydrogen-bond donors (Lipinski definition) is 0. The summed E-state index contributed by atoms with van der Waals surface area (Å²) < 4.78 is 11.2. The molecule has 0 spiro atoms. The van der Waals surface area contributed by atoms with Gasteiger partial charge in [0.25, 0.3) is 0 Å². The second-order valence-corrected chi connectivity index (χ2v) is 8.25. The molecule has 0 radical (unpaired) electrons. The van der Waals surface area contributed by atoms with E-state index in [1.54, 1.807) is 11.0 Å². The summed E-state index contributed by atoms with van der Waals surface area (Å²) in [6.07, 6.45) is 4.59. The zero-order chi connectivity index (χ0) is 18.4. The normalized spacial score (nSPS) is 18.1. The van der Waals surface area contributed by atoms with E-state index in [9.17, 15) is 4.79 Å². The van der Waals surface area contributed by atoms with Crippen LogP contribution < -0.4 is 4.74 Å². The number of likely N-dealkylation sites (tertiary alicyclic amines) is 1. The molecule has 0 aromatic carbocycles. The standard InChI is InChI=1S/C17H26ClN3O3S/c1-17(2,3)24-16(22)21-8-5-6-12(11-21)7-9-23-14-10-13(18)19-15(20-14)25-4/h10,12H,5-9,11H2,1-4H3/t12-/m0/s1. The number of nitrogens with zero attached hydrogens (tertiary/aromatic N) is 3. The molecular formula is C17H26ClN3O3S. The van der Waals surface area contributed by atoms with Gasteiger partial charge < -0.3 is 14.4 Å². The van der Waals surface area contributed by atoms with Gasteiger partial charge in [-0.05, 0) is 52.2 Å².